The Morgan fingerprint density at radius 3 is 3.00 bits per heavy atom. The normalized spacial score (nSPS) is 11.0. The van der Waals surface area contributed by atoms with Crippen LogP contribution >= 0.6 is 11.3 Å². The zero-order chi connectivity index (χ0) is 18.1. The molecule has 1 aromatic carbocycles. The smallest absolute Gasteiger partial charge is 0.261 e. The minimum atomic E-state index is -0.342. The number of aryl methyl sites for hydroxylation is 1. The average Bonchev–Trinajstić information content (AvgIpc) is 3.29. The first-order chi connectivity index (χ1) is 12.6. The summed E-state index contributed by atoms with van der Waals surface area (Å²) in [6.45, 7) is 1.77. The number of hydrogen-bond donors (Lipinski definition) is 2. The number of carbonyl (C=O) groups excluding carboxylic acids is 1. The Balaban J connectivity index is 1.53. The zero-order valence-corrected chi connectivity index (χ0v) is 14.7. The number of nitrogens with zero attached hydrogens (tertiary/aromatic N) is 3. The summed E-state index contributed by atoms with van der Waals surface area (Å²) in [7, 11) is 0. The number of H-pyrrole nitrogens is 1. The monoisotopic (exact) mass is 365 g/mol. The second kappa shape index (κ2) is 6.57. The summed E-state index contributed by atoms with van der Waals surface area (Å²) >= 11 is 1.58. The van der Waals surface area contributed by atoms with Crippen molar-refractivity contribution in [2.45, 2.75) is 13.5 Å². The van der Waals surface area contributed by atoms with Crippen LogP contribution in [0.1, 0.15) is 5.56 Å². The van der Waals surface area contributed by atoms with E-state index in [1.807, 2.05) is 30.5 Å². The van der Waals surface area contributed by atoms with E-state index in [1.165, 1.54) is 10.9 Å². The van der Waals surface area contributed by atoms with E-state index in [2.05, 4.69) is 20.5 Å². The van der Waals surface area contributed by atoms with Crippen molar-refractivity contribution < 1.29 is 4.79 Å². The SMILES string of the molecule is Cc1cccc2c(=O)n(CC(=O)Nc3cc(-c4cccs4)[nH]n3)cnc12. The molecule has 0 aliphatic rings. The molecule has 130 valence electrons. The summed E-state index contributed by atoms with van der Waals surface area (Å²) in [5, 5.41) is 12.1. The zero-order valence-electron chi connectivity index (χ0n) is 13.9. The fourth-order valence-corrected chi connectivity index (χ4v) is 3.42. The van der Waals surface area contributed by atoms with Gasteiger partial charge in [-0.2, -0.15) is 5.10 Å². The van der Waals surface area contributed by atoms with Crippen LogP contribution < -0.4 is 10.9 Å². The highest BCUT2D eigenvalue weighted by Crippen LogP contribution is 2.24. The quantitative estimate of drug-likeness (QED) is 0.582. The summed E-state index contributed by atoms with van der Waals surface area (Å²) in [6.07, 6.45) is 1.40. The van der Waals surface area contributed by atoms with Crippen LogP contribution in [0.5, 0.6) is 0 Å². The maximum atomic E-state index is 12.6. The van der Waals surface area contributed by atoms with Crippen molar-refractivity contribution in [3.8, 4) is 10.6 Å². The molecule has 3 aromatic heterocycles. The van der Waals surface area contributed by atoms with Crippen LogP contribution in [0, 0.1) is 6.92 Å². The second-order valence-electron chi connectivity index (χ2n) is 5.84. The van der Waals surface area contributed by atoms with E-state index >= 15 is 0 Å². The number of hydrogen-bond acceptors (Lipinski definition) is 5. The molecule has 4 rings (SSSR count). The number of benzene rings is 1. The van der Waals surface area contributed by atoms with Crippen LogP contribution in [0.3, 0.4) is 0 Å². The third kappa shape index (κ3) is 3.02. The lowest BCUT2D eigenvalue weighted by Gasteiger charge is -2.07. The van der Waals surface area contributed by atoms with E-state index in [4.69, 9.17) is 0 Å². The van der Waals surface area contributed by atoms with Crippen molar-refractivity contribution in [1.82, 2.24) is 19.7 Å². The third-order valence-corrected chi connectivity index (χ3v) is 4.90. The molecule has 3 heterocycles. The average molecular weight is 365 g/mol. The summed E-state index contributed by atoms with van der Waals surface area (Å²) in [5.74, 6) is 0.0705. The van der Waals surface area contributed by atoms with Crippen molar-refractivity contribution in [3.63, 3.8) is 0 Å². The van der Waals surface area contributed by atoms with E-state index in [0.717, 1.165) is 16.1 Å². The maximum Gasteiger partial charge on any atom is 0.261 e. The molecule has 0 saturated heterocycles. The third-order valence-electron chi connectivity index (χ3n) is 4.00. The molecule has 1 amide bonds. The number of para-hydroxylation sites is 1. The van der Waals surface area contributed by atoms with Gasteiger partial charge in [-0.05, 0) is 30.0 Å². The molecule has 0 bridgehead atoms. The van der Waals surface area contributed by atoms with Gasteiger partial charge in [0.2, 0.25) is 5.91 Å². The summed E-state index contributed by atoms with van der Waals surface area (Å²) in [6, 6.07) is 11.1. The van der Waals surface area contributed by atoms with Crippen LogP contribution in [0.25, 0.3) is 21.5 Å². The minimum absolute atomic E-state index is 0.128. The van der Waals surface area contributed by atoms with Gasteiger partial charge in [-0.1, -0.05) is 18.2 Å². The number of rotatable bonds is 4. The van der Waals surface area contributed by atoms with Gasteiger partial charge in [0.05, 0.1) is 27.8 Å². The Hall–Kier alpha value is -3.26. The van der Waals surface area contributed by atoms with Crippen molar-refractivity contribution in [2.75, 3.05) is 5.32 Å². The summed E-state index contributed by atoms with van der Waals surface area (Å²) in [5.41, 5.74) is 2.17. The molecule has 0 aliphatic carbocycles. The van der Waals surface area contributed by atoms with E-state index in [-0.39, 0.29) is 18.0 Å². The van der Waals surface area contributed by atoms with Gasteiger partial charge >= 0.3 is 0 Å². The second-order valence-corrected chi connectivity index (χ2v) is 6.79. The summed E-state index contributed by atoms with van der Waals surface area (Å²) in [4.78, 5) is 30.2. The van der Waals surface area contributed by atoms with Crippen molar-refractivity contribution in [2.24, 2.45) is 0 Å². The van der Waals surface area contributed by atoms with Gasteiger partial charge in [-0.25, -0.2) is 4.98 Å². The number of aromatic amines is 1. The molecule has 0 aliphatic heterocycles. The van der Waals surface area contributed by atoms with E-state index in [1.54, 1.807) is 29.5 Å². The number of thiophene rings is 1. The molecule has 0 saturated carbocycles. The van der Waals surface area contributed by atoms with Crippen LogP contribution in [0.4, 0.5) is 5.82 Å². The predicted octanol–water partition coefficient (Wildman–Crippen LogP) is 2.80. The topological polar surface area (TPSA) is 92.7 Å². The van der Waals surface area contributed by atoms with Gasteiger partial charge in [-0.15, -0.1) is 11.3 Å². The van der Waals surface area contributed by atoms with Crippen molar-refractivity contribution >= 4 is 34.0 Å². The number of fused-ring (bicyclic) bond motifs is 1. The van der Waals surface area contributed by atoms with E-state index in [9.17, 15) is 9.59 Å². The first-order valence-electron chi connectivity index (χ1n) is 7.96. The maximum absolute atomic E-state index is 12.6. The van der Waals surface area contributed by atoms with E-state index in [0.29, 0.717) is 16.7 Å². The lowest BCUT2D eigenvalue weighted by Crippen LogP contribution is -2.28. The van der Waals surface area contributed by atoms with Crippen molar-refractivity contribution in [3.05, 3.63) is 64.0 Å². The lowest BCUT2D eigenvalue weighted by atomic mass is 10.1. The van der Waals surface area contributed by atoms with Crippen LogP contribution in [-0.4, -0.2) is 25.7 Å². The van der Waals surface area contributed by atoms with Gasteiger partial charge < -0.3 is 5.32 Å². The number of nitrogens with one attached hydrogen (secondary N) is 2. The molecule has 0 spiro atoms. The van der Waals surface area contributed by atoms with Crippen LogP contribution in [0.15, 0.2) is 52.9 Å². The molecule has 2 N–H and O–H groups in total. The number of aromatic nitrogens is 4. The fraction of sp³-hybridized carbons (Fsp3) is 0.111. The highest BCUT2D eigenvalue weighted by Gasteiger charge is 2.11. The molecule has 0 fully saturated rings. The fourth-order valence-electron chi connectivity index (χ4n) is 2.73. The van der Waals surface area contributed by atoms with Crippen molar-refractivity contribution in [1.29, 1.82) is 0 Å². The highest BCUT2D eigenvalue weighted by molar-refractivity contribution is 7.13. The largest absolute Gasteiger partial charge is 0.308 e. The Morgan fingerprint density at radius 2 is 2.19 bits per heavy atom. The van der Waals surface area contributed by atoms with Gasteiger partial charge in [0, 0.05) is 6.07 Å². The molecule has 4 aromatic rings. The molecule has 26 heavy (non-hydrogen) atoms. The van der Waals surface area contributed by atoms with Gasteiger partial charge in [0.1, 0.15) is 6.54 Å². The first-order valence-corrected chi connectivity index (χ1v) is 8.84. The number of anilines is 1. The van der Waals surface area contributed by atoms with Gasteiger partial charge in [0.25, 0.3) is 5.56 Å². The Morgan fingerprint density at radius 1 is 1.31 bits per heavy atom. The van der Waals surface area contributed by atoms with Gasteiger partial charge in [0.15, 0.2) is 5.82 Å². The molecule has 7 nitrogen and oxygen atoms in total. The van der Waals surface area contributed by atoms with E-state index < -0.39 is 0 Å². The Labute approximate surface area is 152 Å². The minimum Gasteiger partial charge on any atom is -0.308 e. The Bertz CT molecular complexity index is 1140. The predicted molar refractivity (Wildman–Crippen MR) is 101 cm³/mol. The van der Waals surface area contributed by atoms with Gasteiger partial charge in [-0.3, -0.25) is 19.3 Å². The Kier molecular flexibility index (Phi) is 4.10. The van der Waals surface area contributed by atoms with Crippen LogP contribution in [-0.2, 0) is 11.3 Å². The first kappa shape index (κ1) is 16.2. The molecule has 0 atom stereocenters. The number of carbonyl (C=O) groups is 1. The molecular weight excluding hydrogens is 350 g/mol. The lowest BCUT2D eigenvalue weighted by molar-refractivity contribution is -0.116. The standard InChI is InChI=1S/C18H15N5O2S/c1-11-4-2-5-12-17(11)19-10-23(18(12)25)9-16(24)20-15-8-13(21-22-15)14-6-3-7-26-14/h2-8,10H,9H2,1H3,(H2,20,21,22,24). The molecule has 8 heteroatoms. The molecule has 0 unspecified atom stereocenters. The van der Waals surface area contributed by atoms with Crippen LogP contribution in [0.2, 0.25) is 0 Å². The molecular formula is C18H15N5O2S. The highest BCUT2D eigenvalue weighted by atomic mass is 32.1. The summed E-state index contributed by atoms with van der Waals surface area (Å²) < 4.78 is 1.30. The number of amides is 1. The molecule has 0 radical (unpaired) electrons.